The van der Waals surface area contributed by atoms with Crippen LogP contribution in [0.3, 0.4) is 0 Å². The molecule has 0 radical (unpaired) electrons. The number of benzene rings is 2. The van der Waals surface area contributed by atoms with Crippen molar-refractivity contribution in [1.82, 2.24) is 0 Å². The van der Waals surface area contributed by atoms with Crippen LogP contribution < -0.4 is 5.73 Å². The molecule has 0 heterocycles. The molecule has 0 aliphatic carbocycles. The van der Waals surface area contributed by atoms with Crippen molar-refractivity contribution in [2.45, 2.75) is 10.6 Å². The fraction of sp³-hybridized carbons (Fsp3) is 0.0714. The molecule has 0 aliphatic heterocycles. The van der Waals surface area contributed by atoms with Crippen molar-refractivity contribution in [2.75, 3.05) is 5.73 Å². The molecular weight excluding hydrogens is 326 g/mol. The van der Waals surface area contributed by atoms with Gasteiger partial charge in [-0.25, -0.2) is 4.79 Å². The van der Waals surface area contributed by atoms with Gasteiger partial charge in [0.1, 0.15) is 0 Å². The Balaban J connectivity index is 2.17. The minimum absolute atomic E-state index is 0.339. The lowest BCUT2D eigenvalue weighted by Gasteiger charge is -2.08. The van der Waals surface area contributed by atoms with E-state index in [9.17, 15) is 4.79 Å². The molecular formula is C14H12BrNO2S. The van der Waals surface area contributed by atoms with Crippen LogP contribution in [0, 0.1) is 0 Å². The molecule has 0 amide bonds. The Hall–Kier alpha value is -1.46. The van der Waals surface area contributed by atoms with Crippen LogP contribution in [0.4, 0.5) is 5.69 Å². The van der Waals surface area contributed by atoms with Gasteiger partial charge in [-0.15, -0.1) is 11.8 Å². The number of carbonyl (C=O) groups is 1. The van der Waals surface area contributed by atoms with Gasteiger partial charge in [0.05, 0.1) is 5.56 Å². The molecule has 19 heavy (non-hydrogen) atoms. The highest BCUT2D eigenvalue weighted by Crippen LogP contribution is 2.31. The van der Waals surface area contributed by atoms with Crippen molar-refractivity contribution in [2.24, 2.45) is 0 Å². The molecule has 0 spiro atoms. The minimum Gasteiger partial charge on any atom is -0.478 e. The van der Waals surface area contributed by atoms with E-state index in [4.69, 9.17) is 10.8 Å². The monoisotopic (exact) mass is 337 g/mol. The third-order valence-corrected chi connectivity index (χ3v) is 4.23. The van der Waals surface area contributed by atoms with E-state index in [1.54, 1.807) is 12.1 Å². The summed E-state index contributed by atoms with van der Waals surface area (Å²) in [5.41, 5.74) is 7.74. The number of thioether (sulfide) groups is 1. The molecule has 5 heteroatoms. The number of carboxylic acids is 1. The fourth-order valence-electron chi connectivity index (χ4n) is 1.66. The summed E-state index contributed by atoms with van der Waals surface area (Å²) in [5, 5.41) is 9.11. The number of hydrogen-bond acceptors (Lipinski definition) is 3. The molecule has 2 rings (SSSR count). The zero-order valence-electron chi connectivity index (χ0n) is 9.97. The Morgan fingerprint density at radius 2 is 2.00 bits per heavy atom. The lowest BCUT2D eigenvalue weighted by molar-refractivity contribution is 0.0696. The smallest absolute Gasteiger partial charge is 0.335 e. The molecule has 3 N–H and O–H groups in total. The second kappa shape index (κ2) is 6.12. The number of rotatable bonds is 4. The first-order valence-electron chi connectivity index (χ1n) is 5.57. The van der Waals surface area contributed by atoms with E-state index in [1.165, 1.54) is 11.8 Å². The van der Waals surface area contributed by atoms with Crippen molar-refractivity contribution in [3.05, 3.63) is 58.1 Å². The Labute approximate surface area is 124 Å². The van der Waals surface area contributed by atoms with Gasteiger partial charge in [-0.3, -0.25) is 0 Å². The third-order valence-electron chi connectivity index (χ3n) is 2.60. The maximum absolute atomic E-state index is 11.1. The zero-order chi connectivity index (χ0) is 13.8. The highest BCUT2D eigenvalue weighted by atomic mass is 79.9. The normalized spacial score (nSPS) is 10.4. The fourth-order valence-corrected chi connectivity index (χ4v) is 2.99. The van der Waals surface area contributed by atoms with Gasteiger partial charge in [0, 0.05) is 20.8 Å². The molecule has 0 fully saturated rings. The van der Waals surface area contributed by atoms with Gasteiger partial charge in [-0.05, 0) is 29.8 Å². The summed E-state index contributed by atoms with van der Waals surface area (Å²) < 4.78 is 0.931. The summed E-state index contributed by atoms with van der Waals surface area (Å²) in [5.74, 6) is -0.325. The maximum atomic E-state index is 11.1. The van der Waals surface area contributed by atoms with Crippen molar-refractivity contribution in [3.8, 4) is 0 Å². The molecule has 98 valence electrons. The average Bonchev–Trinajstić information content (AvgIpc) is 2.38. The van der Waals surface area contributed by atoms with Crippen LogP contribution in [0.1, 0.15) is 15.9 Å². The molecule has 0 aromatic heterocycles. The van der Waals surface area contributed by atoms with E-state index >= 15 is 0 Å². The van der Waals surface area contributed by atoms with Crippen LogP contribution in [-0.4, -0.2) is 11.1 Å². The van der Waals surface area contributed by atoms with E-state index in [2.05, 4.69) is 15.9 Å². The Morgan fingerprint density at radius 3 is 2.68 bits per heavy atom. The molecule has 0 atom stereocenters. The molecule has 0 unspecified atom stereocenters. The van der Waals surface area contributed by atoms with Crippen molar-refractivity contribution in [1.29, 1.82) is 0 Å². The van der Waals surface area contributed by atoms with Crippen molar-refractivity contribution < 1.29 is 9.90 Å². The van der Waals surface area contributed by atoms with E-state index in [1.807, 2.05) is 30.3 Å². The molecule has 0 saturated heterocycles. The van der Waals surface area contributed by atoms with Gasteiger partial charge in [0.25, 0.3) is 0 Å². The highest BCUT2D eigenvalue weighted by molar-refractivity contribution is 9.10. The Bertz CT molecular complexity index is 616. The number of carboxylic acid groups (broad SMARTS) is 1. The molecule has 0 saturated carbocycles. The second-order valence-corrected chi connectivity index (χ2v) is 5.87. The van der Waals surface area contributed by atoms with Crippen molar-refractivity contribution in [3.63, 3.8) is 0 Å². The molecule has 2 aromatic carbocycles. The summed E-state index contributed by atoms with van der Waals surface area (Å²) in [6.45, 7) is 0. The van der Waals surface area contributed by atoms with Crippen LogP contribution in [0.25, 0.3) is 0 Å². The minimum atomic E-state index is -0.903. The van der Waals surface area contributed by atoms with E-state index in [-0.39, 0.29) is 0 Å². The molecule has 3 nitrogen and oxygen atoms in total. The highest BCUT2D eigenvalue weighted by Gasteiger charge is 2.09. The molecule has 0 bridgehead atoms. The second-order valence-electron chi connectivity index (χ2n) is 3.93. The van der Waals surface area contributed by atoms with E-state index in [0.717, 1.165) is 14.9 Å². The Morgan fingerprint density at radius 1 is 1.26 bits per heavy atom. The van der Waals surface area contributed by atoms with E-state index < -0.39 is 5.97 Å². The third kappa shape index (κ3) is 3.52. The first-order chi connectivity index (χ1) is 9.08. The van der Waals surface area contributed by atoms with Crippen LogP contribution in [0.15, 0.2) is 51.8 Å². The number of hydrogen-bond donors (Lipinski definition) is 2. The topological polar surface area (TPSA) is 63.3 Å². The van der Waals surface area contributed by atoms with E-state index in [0.29, 0.717) is 17.0 Å². The predicted octanol–water partition coefficient (Wildman–Crippen LogP) is 4.02. The first kappa shape index (κ1) is 14.0. The lowest BCUT2D eigenvalue weighted by atomic mass is 10.1. The van der Waals surface area contributed by atoms with Gasteiger partial charge >= 0.3 is 5.97 Å². The number of halogens is 1. The van der Waals surface area contributed by atoms with Gasteiger partial charge in [0.2, 0.25) is 0 Å². The number of nitrogen functional groups attached to an aromatic ring is 1. The van der Waals surface area contributed by atoms with Gasteiger partial charge in [0.15, 0.2) is 0 Å². The summed E-state index contributed by atoms with van der Waals surface area (Å²) >= 11 is 4.89. The number of anilines is 1. The van der Waals surface area contributed by atoms with Crippen LogP contribution in [-0.2, 0) is 5.75 Å². The zero-order valence-corrected chi connectivity index (χ0v) is 12.4. The lowest BCUT2D eigenvalue weighted by Crippen LogP contribution is -2.01. The standard InChI is InChI=1S/C14H12BrNO2S/c15-10-5-6-13(12(16)7-10)19-8-9-3-1-2-4-11(9)14(17)18/h1-7H,8,16H2,(H,17,18). The average molecular weight is 338 g/mol. The quantitative estimate of drug-likeness (QED) is 0.653. The van der Waals surface area contributed by atoms with Crippen LogP contribution in [0.2, 0.25) is 0 Å². The number of aromatic carboxylic acids is 1. The number of nitrogens with two attached hydrogens (primary N) is 1. The SMILES string of the molecule is Nc1cc(Br)ccc1SCc1ccccc1C(=O)O. The summed E-state index contributed by atoms with van der Waals surface area (Å²) in [6.07, 6.45) is 0. The largest absolute Gasteiger partial charge is 0.478 e. The summed E-state index contributed by atoms with van der Waals surface area (Å²) in [4.78, 5) is 12.1. The summed E-state index contributed by atoms with van der Waals surface area (Å²) in [7, 11) is 0. The van der Waals surface area contributed by atoms with Crippen LogP contribution in [0.5, 0.6) is 0 Å². The van der Waals surface area contributed by atoms with Crippen LogP contribution >= 0.6 is 27.7 Å². The Kier molecular flexibility index (Phi) is 4.50. The maximum Gasteiger partial charge on any atom is 0.335 e. The van der Waals surface area contributed by atoms with Crippen molar-refractivity contribution >= 4 is 39.3 Å². The summed E-state index contributed by atoms with van der Waals surface area (Å²) in [6, 6.07) is 12.7. The first-order valence-corrected chi connectivity index (χ1v) is 7.35. The molecule has 0 aliphatic rings. The van der Waals surface area contributed by atoms with Gasteiger partial charge in [-0.2, -0.15) is 0 Å². The van der Waals surface area contributed by atoms with Gasteiger partial charge in [-0.1, -0.05) is 34.1 Å². The molecule has 2 aromatic rings. The predicted molar refractivity (Wildman–Crippen MR) is 81.5 cm³/mol. The van der Waals surface area contributed by atoms with Gasteiger partial charge < -0.3 is 10.8 Å².